The molecule has 17 heavy (non-hydrogen) atoms. The van der Waals surface area contributed by atoms with Crippen molar-refractivity contribution in [1.82, 2.24) is 20.0 Å². The zero-order chi connectivity index (χ0) is 13.0. The molecule has 0 aromatic carbocycles. The van der Waals surface area contributed by atoms with E-state index in [1.54, 1.807) is 0 Å². The van der Waals surface area contributed by atoms with Gasteiger partial charge in [0.15, 0.2) is 5.11 Å². The van der Waals surface area contributed by atoms with Crippen LogP contribution in [0.15, 0.2) is 10.7 Å². The van der Waals surface area contributed by atoms with Gasteiger partial charge in [-0.25, -0.2) is 0 Å². The largest absolute Gasteiger partial charge is 0.360 e. The van der Waals surface area contributed by atoms with Gasteiger partial charge in [0.2, 0.25) is 0 Å². The molecule has 1 aromatic heterocycles. The Kier molecular flexibility index (Phi) is 5.39. The summed E-state index contributed by atoms with van der Waals surface area (Å²) in [5, 5.41) is 8.43. The van der Waals surface area contributed by atoms with Crippen LogP contribution >= 0.6 is 28.1 Å². The fourth-order valence-corrected chi connectivity index (χ4v) is 2.10. The van der Waals surface area contributed by atoms with Crippen LogP contribution in [0.2, 0.25) is 0 Å². The second kappa shape index (κ2) is 6.35. The number of nitrogens with one attached hydrogen (secondary N) is 1. The number of hydrogen-bond acceptors (Lipinski definition) is 2. The Bertz CT molecular complexity index is 389. The molecule has 0 bridgehead atoms. The lowest BCUT2D eigenvalue weighted by Crippen LogP contribution is -2.40. The Morgan fingerprint density at radius 2 is 2.29 bits per heavy atom. The first-order valence-electron chi connectivity index (χ1n) is 5.67. The Hall–Kier alpha value is -0.620. The van der Waals surface area contributed by atoms with Gasteiger partial charge in [-0.2, -0.15) is 5.10 Å². The lowest BCUT2D eigenvalue weighted by Gasteiger charge is -2.22. The van der Waals surface area contributed by atoms with Crippen molar-refractivity contribution in [2.75, 3.05) is 7.05 Å². The van der Waals surface area contributed by atoms with Crippen LogP contribution in [0.5, 0.6) is 0 Å². The van der Waals surface area contributed by atoms with Crippen LogP contribution in [0.1, 0.15) is 26.5 Å². The van der Waals surface area contributed by atoms with Gasteiger partial charge < -0.3 is 10.2 Å². The minimum Gasteiger partial charge on any atom is -0.360 e. The molecule has 1 heterocycles. The molecule has 1 aromatic rings. The van der Waals surface area contributed by atoms with E-state index in [0.29, 0.717) is 12.6 Å². The van der Waals surface area contributed by atoms with Crippen molar-refractivity contribution in [2.24, 2.45) is 0 Å². The standard InChI is InChI=1S/C11H19BrN4S/c1-5-16-6-9(12)10(14-16)7-15(4)11(17)13-8(2)3/h6,8H,5,7H2,1-4H3,(H,13,17). The Morgan fingerprint density at radius 3 is 2.76 bits per heavy atom. The molecule has 96 valence electrons. The minimum atomic E-state index is 0.349. The number of rotatable bonds is 4. The summed E-state index contributed by atoms with van der Waals surface area (Å²) in [6, 6.07) is 0.349. The van der Waals surface area contributed by atoms with Crippen molar-refractivity contribution in [3.05, 3.63) is 16.4 Å². The summed E-state index contributed by atoms with van der Waals surface area (Å²) in [6.07, 6.45) is 1.99. The molecule has 0 aliphatic carbocycles. The number of aromatic nitrogens is 2. The summed E-state index contributed by atoms with van der Waals surface area (Å²) < 4.78 is 2.94. The fourth-order valence-electron chi connectivity index (χ4n) is 1.36. The van der Waals surface area contributed by atoms with Crippen molar-refractivity contribution in [2.45, 2.75) is 39.9 Å². The first-order chi connectivity index (χ1) is 7.93. The number of halogens is 1. The monoisotopic (exact) mass is 318 g/mol. The molecule has 0 atom stereocenters. The van der Waals surface area contributed by atoms with Crippen LogP contribution in [-0.2, 0) is 13.1 Å². The van der Waals surface area contributed by atoms with Gasteiger partial charge in [0, 0.05) is 25.8 Å². The van der Waals surface area contributed by atoms with E-state index in [2.05, 4.69) is 47.1 Å². The molecule has 0 saturated heterocycles. The summed E-state index contributed by atoms with van der Waals surface area (Å²) in [5.74, 6) is 0. The quantitative estimate of drug-likeness (QED) is 0.864. The maximum absolute atomic E-state index is 5.30. The third-order valence-electron chi connectivity index (χ3n) is 2.26. The van der Waals surface area contributed by atoms with Gasteiger partial charge in [-0.15, -0.1) is 0 Å². The first-order valence-corrected chi connectivity index (χ1v) is 6.87. The van der Waals surface area contributed by atoms with Crippen molar-refractivity contribution in [3.8, 4) is 0 Å². The average Bonchev–Trinajstić information content (AvgIpc) is 2.58. The zero-order valence-corrected chi connectivity index (χ0v) is 13.1. The molecule has 1 rings (SSSR count). The molecular weight excluding hydrogens is 300 g/mol. The second-order valence-corrected chi connectivity index (χ2v) is 5.48. The smallest absolute Gasteiger partial charge is 0.169 e. The summed E-state index contributed by atoms with van der Waals surface area (Å²) >= 11 is 8.81. The second-order valence-electron chi connectivity index (χ2n) is 4.24. The predicted molar refractivity (Wildman–Crippen MR) is 77.9 cm³/mol. The van der Waals surface area contributed by atoms with Gasteiger partial charge in [-0.3, -0.25) is 4.68 Å². The van der Waals surface area contributed by atoms with E-state index >= 15 is 0 Å². The lowest BCUT2D eigenvalue weighted by molar-refractivity contribution is 0.467. The van der Waals surface area contributed by atoms with E-state index in [0.717, 1.165) is 21.8 Å². The molecular formula is C11H19BrN4S. The van der Waals surface area contributed by atoms with Crippen molar-refractivity contribution in [3.63, 3.8) is 0 Å². The molecule has 0 aliphatic heterocycles. The van der Waals surface area contributed by atoms with Crippen LogP contribution in [0, 0.1) is 0 Å². The molecule has 4 nitrogen and oxygen atoms in total. The van der Waals surface area contributed by atoms with E-state index in [1.807, 2.05) is 22.8 Å². The molecule has 0 radical (unpaired) electrons. The van der Waals surface area contributed by atoms with Crippen molar-refractivity contribution in [1.29, 1.82) is 0 Å². The average molecular weight is 319 g/mol. The molecule has 1 N–H and O–H groups in total. The maximum Gasteiger partial charge on any atom is 0.169 e. The van der Waals surface area contributed by atoms with E-state index in [9.17, 15) is 0 Å². The molecule has 0 aliphatic rings. The third kappa shape index (κ3) is 4.27. The first kappa shape index (κ1) is 14.4. The highest BCUT2D eigenvalue weighted by Crippen LogP contribution is 2.16. The summed E-state index contributed by atoms with van der Waals surface area (Å²) in [5.41, 5.74) is 1.00. The van der Waals surface area contributed by atoms with Gasteiger partial charge in [-0.1, -0.05) is 0 Å². The zero-order valence-electron chi connectivity index (χ0n) is 10.7. The summed E-state index contributed by atoms with van der Waals surface area (Å²) in [6.45, 7) is 7.78. The number of hydrogen-bond donors (Lipinski definition) is 1. The predicted octanol–water partition coefficient (Wildman–Crippen LogP) is 2.38. The number of thiocarbonyl (C=S) groups is 1. The Labute approximate surface area is 116 Å². The highest BCUT2D eigenvalue weighted by Gasteiger charge is 2.11. The number of nitrogens with zero attached hydrogens (tertiary/aromatic N) is 3. The van der Waals surface area contributed by atoms with Gasteiger partial charge >= 0.3 is 0 Å². The fraction of sp³-hybridized carbons (Fsp3) is 0.636. The summed E-state index contributed by atoms with van der Waals surface area (Å²) in [4.78, 5) is 1.99. The van der Waals surface area contributed by atoms with Crippen LogP contribution in [0.4, 0.5) is 0 Å². The van der Waals surface area contributed by atoms with Crippen LogP contribution < -0.4 is 5.32 Å². The maximum atomic E-state index is 5.30. The van der Waals surface area contributed by atoms with Crippen molar-refractivity contribution >= 4 is 33.3 Å². The lowest BCUT2D eigenvalue weighted by atomic mass is 10.4. The summed E-state index contributed by atoms with van der Waals surface area (Å²) in [7, 11) is 1.97. The number of aryl methyl sites for hydroxylation is 1. The van der Waals surface area contributed by atoms with E-state index in [-0.39, 0.29) is 0 Å². The molecule has 0 unspecified atom stereocenters. The Balaban J connectivity index is 2.63. The Morgan fingerprint density at radius 1 is 1.65 bits per heavy atom. The van der Waals surface area contributed by atoms with Gasteiger partial charge in [-0.05, 0) is 48.9 Å². The van der Waals surface area contributed by atoms with Crippen LogP contribution in [0.3, 0.4) is 0 Å². The van der Waals surface area contributed by atoms with E-state index in [1.165, 1.54) is 0 Å². The van der Waals surface area contributed by atoms with E-state index < -0.39 is 0 Å². The van der Waals surface area contributed by atoms with Gasteiger partial charge in [0.25, 0.3) is 0 Å². The van der Waals surface area contributed by atoms with Gasteiger partial charge in [0.1, 0.15) is 0 Å². The van der Waals surface area contributed by atoms with Crippen molar-refractivity contribution < 1.29 is 0 Å². The highest BCUT2D eigenvalue weighted by atomic mass is 79.9. The molecule has 0 saturated carbocycles. The molecule has 6 heteroatoms. The van der Waals surface area contributed by atoms with E-state index in [4.69, 9.17) is 12.2 Å². The topological polar surface area (TPSA) is 33.1 Å². The highest BCUT2D eigenvalue weighted by molar-refractivity contribution is 9.10. The third-order valence-corrected chi connectivity index (χ3v) is 3.35. The van der Waals surface area contributed by atoms with Crippen LogP contribution in [-0.4, -0.2) is 32.9 Å². The minimum absolute atomic E-state index is 0.349. The van der Waals surface area contributed by atoms with Crippen LogP contribution in [0.25, 0.3) is 0 Å². The van der Waals surface area contributed by atoms with Gasteiger partial charge in [0.05, 0.1) is 16.7 Å². The normalized spacial score (nSPS) is 10.7. The molecule has 0 amide bonds. The molecule has 0 spiro atoms. The molecule has 0 fully saturated rings. The SMILES string of the molecule is CCn1cc(Br)c(CN(C)C(=S)NC(C)C)n1.